The summed E-state index contributed by atoms with van der Waals surface area (Å²) < 4.78 is 8.59. The first-order valence-corrected chi connectivity index (χ1v) is 10.1. The van der Waals surface area contributed by atoms with Gasteiger partial charge in [0.25, 0.3) is 11.5 Å². The number of carbonyl (C=O) groups is 1. The van der Waals surface area contributed by atoms with Crippen molar-refractivity contribution in [3.8, 4) is 17.0 Å². The van der Waals surface area contributed by atoms with Crippen LogP contribution in [0.4, 0.5) is 0 Å². The number of fused-ring (bicyclic) bond motifs is 1. The Morgan fingerprint density at radius 3 is 2.65 bits per heavy atom. The summed E-state index contributed by atoms with van der Waals surface area (Å²) in [4.78, 5) is 24.8. The lowest BCUT2D eigenvalue weighted by molar-refractivity contribution is -0.123. The van der Waals surface area contributed by atoms with Gasteiger partial charge in [0, 0.05) is 31.0 Å². The molecule has 2 aromatic heterocycles. The minimum absolute atomic E-state index is 0.0696. The number of nitrogens with zero attached hydrogens (tertiary/aromatic N) is 3. The molecule has 1 N–H and O–H groups in total. The number of rotatable bonds is 7. The molecule has 0 radical (unpaired) electrons. The fourth-order valence-electron chi connectivity index (χ4n) is 3.47. The van der Waals surface area contributed by atoms with Crippen molar-refractivity contribution < 1.29 is 9.53 Å². The summed E-state index contributed by atoms with van der Waals surface area (Å²) in [6, 6.07) is 17.1. The number of hydrogen-bond donors (Lipinski definition) is 1. The number of para-hydroxylation sites is 1. The maximum atomic E-state index is 12.9. The second kappa shape index (κ2) is 8.87. The lowest BCUT2D eigenvalue weighted by Crippen LogP contribution is -2.33. The summed E-state index contributed by atoms with van der Waals surface area (Å²) in [5.74, 6) is 0.402. The number of carbonyl (C=O) groups excluding carboxylic acids is 1. The van der Waals surface area contributed by atoms with Gasteiger partial charge in [-0.3, -0.25) is 9.59 Å². The summed E-state index contributed by atoms with van der Waals surface area (Å²) in [5.41, 5.74) is 4.41. The van der Waals surface area contributed by atoms with Crippen molar-refractivity contribution in [2.75, 3.05) is 13.2 Å². The number of ether oxygens (including phenoxy) is 1. The van der Waals surface area contributed by atoms with E-state index < -0.39 is 0 Å². The van der Waals surface area contributed by atoms with Crippen molar-refractivity contribution in [3.05, 3.63) is 88.5 Å². The zero-order valence-corrected chi connectivity index (χ0v) is 17.5. The van der Waals surface area contributed by atoms with Gasteiger partial charge in [0.2, 0.25) is 0 Å². The number of benzene rings is 2. The molecular formula is C24H24N4O3. The first-order chi connectivity index (χ1) is 15.0. The highest BCUT2D eigenvalue weighted by Gasteiger charge is 2.11. The molecule has 7 nitrogen and oxygen atoms in total. The quantitative estimate of drug-likeness (QED) is 0.502. The topological polar surface area (TPSA) is 77.6 Å². The Morgan fingerprint density at radius 1 is 1.06 bits per heavy atom. The molecule has 0 saturated carbocycles. The van der Waals surface area contributed by atoms with Crippen LogP contribution in [-0.4, -0.2) is 33.2 Å². The van der Waals surface area contributed by atoms with E-state index in [-0.39, 0.29) is 18.1 Å². The highest BCUT2D eigenvalue weighted by molar-refractivity contribution is 5.77. The van der Waals surface area contributed by atoms with Crippen LogP contribution in [0.25, 0.3) is 16.8 Å². The summed E-state index contributed by atoms with van der Waals surface area (Å²) >= 11 is 0. The molecule has 4 rings (SSSR count). The van der Waals surface area contributed by atoms with E-state index in [0.29, 0.717) is 24.4 Å². The molecule has 0 spiro atoms. The molecule has 0 unspecified atom stereocenters. The van der Waals surface area contributed by atoms with E-state index in [2.05, 4.69) is 16.5 Å². The second-order valence-corrected chi connectivity index (χ2v) is 7.43. The zero-order chi connectivity index (χ0) is 21.8. The van der Waals surface area contributed by atoms with Gasteiger partial charge in [-0.2, -0.15) is 5.10 Å². The van der Waals surface area contributed by atoms with E-state index in [1.807, 2.05) is 50.2 Å². The third kappa shape index (κ3) is 4.66. The first-order valence-electron chi connectivity index (χ1n) is 10.1. The van der Waals surface area contributed by atoms with E-state index >= 15 is 0 Å². The fourth-order valence-corrected chi connectivity index (χ4v) is 3.47. The smallest absolute Gasteiger partial charge is 0.276 e. The van der Waals surface area contributed by atoms with Crippen LogP contribution in [0.3, 0.4) is 0 Å². The van der Waals surface area contributed by atoms with Crippen molar-refractivity contribution in [3.63, 3.8) is 0 Å². The van der Waals surface area contributed by atoms with E-state index in [1.54, 1.807) is 33.6 Å². The maximum absolute atomic E-state index is 12.9. The summed E-state index contributed by atoms with van der Waals surface area (Å²) in [6.45, 7) is 4.70. The number of aromatic nitrogens is 3. The zero-order valence-electron chi connectivity index (χ0n) is 17.5. The van der Waals surface area contributed by atoms with E-state index in [4.69, 9.17) is 4.74 Å². The summed E-state index contributed by atoms with van der Waals surface area (Å²) in [6.07, 6.45) is 3.44. The molecule has 1 amide bonds. The van der Waals surface area contributed by atoms with Crippen LogP contribution >= 0.6 is 0 Å². The third-order valence-corrected chi connectivity index (χ3v) is 5.05. The minimum atomic E-state index is -0.237. The average molecular weight is 416 g/mol. The predicted octanol–water partition coefficient (Wildman–Crippen LogP) is 2.98. The standard InChI is InChI=1S/C24H24N4O3/c1-17-8-9-20(18(2)14-17)21-15-22-24(30)27(12-13-28(22)26-21)11-10-25-23(29)16-31-19-6-4-3-5-7-19/h3-9,12-15H,10-11,16H2,1-2H3,(H,25,29). The summed E-state index contributed by atoms with van der Waals surface area (Å²) in [7, 11) is 0. The monoisotopic (exact) mass is 416 g/mol. The van der Waals surface area contributed by atoms with Gasteiger partial charge in [0.15, 0.2) is 6.61 Å². The van der Waals surface area contributed by atoms with Crippen molar-refractivity contribution in [1.29, 1.82) is 0 Å². The van der Waals surface area contributed by atoms with Gasteiger partial charge in [-0.25, -0.2) is 4.52 Å². The Kier molecular flexibility index (Phi) is 5.84. The molecule has 0 aliphatic heterocycles. The Balaban J connectivity index is 1.41. The first kappa shape index (κ1) is 20.4. The SMILES string of the molecule is Cc1ccc(-c2cc3c(=O)n(CCNC(=O)COc4ccccc4)ccn3n2)c(C)c1. The molecule has 0 saturated heterocycles. The van der Waals surface area contributed by atoms with Gasteiger partial charge in [-0.1, -0.05) is 42.0 Å². The maximum Gasteiger partial charge on any atom is 0.276 e. The normalized spacial score (nSPS) is 10.9. The average Bonchev–Trinajstić information content (AvgIpc) is 3.19. The Morgan fingerprint density at radius 2 is 1.87 bits per heavy atom. The number of hydrogen-bond acceptors (Lipinski definition) is 4. The van der Waals surface area contributed by atoms with Crippen molar-refractivity contribution in [1.82, 2.24) is 19.5 Å². The minimum Gasteiger partial charge on any atom is -0.484 e. The van der Waals surface area contributed by atoms with Crippen molar-refractivity contribution in [2.45, 2.75) is 20.4 Å². The highest BCUT2D eigenvalue weighted by atomic mass is 16.5. The molecular weight excluding hydrogens is 392 g/mol. The van der Waals surface area contributed by atoms with Gasteiger partial charge in [-0.05, 0) is 37.6 Å². The molecule has 31 heavy (non-hydrogen) atoms. The molecule has 2 heterocycles. The molecule has 0 aliphatic carbocycles. The van der Waals surface area contributed by atoms with Crippen LogP contribution < -0.4 is 15.6 Å². The van der Waals surface area contributed by atoms with Gasteiger partial charge in [0.05, 0.1) is 5.69 Å². The lowest BCUT2D eigenvalue weighted by Gasteiger charge is -2.09. The number of nitrogens with one attached hydrogen (secondary N) is 1. The Bertz CT molecular complexity index is 1280. The largest absolute Gasteiger partial charge is 0.484 e. The van der Waals surface area contributed by atoms with Crippen molar-refractivity contribution >= 4 is 11.4 Å². The van der Waals surface area contributed by atoms with E-state index in [0.717, 1.165) is 16.8 Å². The molecule has 4 aromatic rings. The molecule has 7 heteroatoms. The number of amides is 1. The third-order valence-electron chi connectivity index (χ3n) is 5.05. The molecule has 0 atom stereocenters. The molecule has 158 valence electrons. The van der Waals surface area contributed by atoms with Crippen LogP contribution in [0.2, 0.25) is 0 Å². The van der Waals surface area contributed by atoms with Crippen LogP contribution in [0, 0.1) is 13.8 Å². The second-order valence-electron chi connectivity index (χ2n) is 7.43. The van der Waals surface area contributed by atoms with E-state index in [1.165, 1.54) is 5.56 Å². The number of aryl methyl sites for hydroxylation is 2. The van der Waals surface area contributed by atoms with Gasteiger partial charge in [-0.15, -0.1) is 0 Å². The molecule has 0 bridgehead atoms. The molecule has 0 fully saturated rings. The van der Waals surface area contributed by atoms with Crippen LogP contribution in [0.15, 0.2) is 71.8 Å². The lowest BCUT2D eigenvalue weighted by atomic mass is 10.0. The van der Waals surface area contributed by atoms with Crippen LogP contribution in [0.5, 0.6) is 5.75 Å². The van der Waals surface area contributed by atoms with Gasteiger partial charge >= 0.3 is 0 Å². The van der Waals surface area contributed by atoms with E-state index in [9.17, 15) is 9.59 Å². The van der Waals surface area contributed by atoms with Gasteiger partial charge < -0.3 is 14.6 Å². The Labute approximate surface area is 179 Å². The predicted molar refractivity (Wildman–Crippen MR) is 119 cm³/mol. The molecule has 0 aliphatic rings. The Hall–Kier alpha value is -3.87. The van der Waals surface area contributed by atoms with Gasteiger partial charge in [0.1, 0.15) is 11.3 Å². The fraction of sp³-hybridized carbons (Fsp3) is 0.208. The van der Waals surface area contributed by atoms with Crippen LogP contribution in [-0.2, 0) is 11.3 Å². The van der Waals surface area contributed by atoms with Crippen LogP contribution in [0.1, 0.15) is 11.1 Å². The summed E-state index contributed by atoms with van der Waals surface area (Å²) in [5, 5.41) is 7.33. The van der Waals surface area contributed by atoms with Crippen molar-refractivity contribution in [2.24, 2.45) is 0 Å². The molecule has 2 aromatic carbocycles. The highest BCUT2D eigenvalue weighted by Crippen LogP contribution is 2.23.